The van der Waals surface area contributed by atoms with Crippen LogP contribution in [0.4, 0.5) is 4.79 Å². The molecule has 1 aromatic heterocycles. The summed E-state index contributed by atoms with van der Waals surface area (Å²) in [6, 6.07) is 3.50. The Kier molecular flexibility index (Phi) is 6.04. The summed E-state index contributed by atoms with van der Waals surface area (Å²) in [4.78, 5) is 27.4. The van der Waals surface area contributed by atoms with Crippen molar-refractivity contribution in [2.45, 2.75) is 39.3 Å². The van der Waals surface area contributed by atoms with Crippen LogP contribution in [0.25, 0.3) is 0 Å². The Morgan fingerprint density at radius 2 is 1.95 bits per heavy atom. The minimum atomic E-state index is -0.912. The minimum Gasteiger partial charge on any atom is -0.481 e. The van der Waals surface area contributed by atoms with Gasteiger partial charge >= 0.3 is 12.0 Å². The number of hydrogen-bond acceptors (Lipinski definition) is 3. The highest BCUT2D eigenvalue weighted by molar-refractivity contribution is 7.16. The average Bonchev–Trinajstić information content (AvgIpc) is 2.72. The normalized spacial score (nSPS) is 11.3. The number of carbonyl (C=O) groups excluding carboxylic acids is 1. The zero-order valence-electron chi connectivity index (χ0n) is 12.7. The highest BCUT2D eigenvalue weighted by atomic mass is 35.5. The van der Waals surface area contributed by atoms with E-state index < -0.39 is 11.5 Å². The number of urea groups is 1. The van der Waals surface area contributed by atoms with Crippen LogP contribution in [0.5, 0.6) is 0 Å². The molecule has 0 spiro atoms. The molecule has 118 valence electrons. The van der Waals surface area contributed by atoms with Gasteiger partial charge in [-0.25, -0.2) is 4.79 Å². The second kappa shape index (κ2) is 7.13. The van der Waals surface area contributed by atoms with Gasteiger partial charge in [-0.2, -0.15) is 0 Å². The molecule has 0 unspecified atom stereocenters. The monoisotopic (exact) mass is 332 g/mol. The van der Waals surface area contributed by atoms with E-state index in [1.54, 1.807) is 22.9 Å². The molecule has 5 nitrogen and oxygen atoms in total. The molecule has 0 aromatic carbocycles. The number of halogens is 1. The van der Waals surface area contributed by atoms with Gasteiger partial charge in [-0.05, 0) is 32.9 Å². The van der Waals surface area contributed by atoms with Gasteiger partial charge in [-0.3, -0.25) is 4.79 Å². The van der Waals surface area contributed by atoms with E-state index in [0.29, 0.717) is 10.9 Å². The highest BCUT2D eigenvalue weighted by Crippen LogP contribution is 2.23. The number of thiophene rings is 1. The molecule has 1 heterocycles. The van der Waals surface area contributed by atoms with Crippen LogP contribution in [0.1, 0.15) is 32.1 Å². The lowest BCUT2D eigenvalue weighted by molar-refractivity contribution is -0.137. The van der Waals surface area contributed by atoms with Gasteiger partial charge in [0, 0.05) is 24.0 Å². The number of carbonyl (C=O) groups is 2. The van der Waals surface area contributed by atoms with E-state index in [9.17, 15) is 9.59 Å². The van der Waals surface area contributed by atoms with Crippen LogP contribution in [0, 0.1) is 0 Å². The number of hydrogen-bond donors (Lipinski definition) is 1. The Labute approximate surface area is 134 Å². The van der Waals surface area contributed by atoms with Gasteiger partial charge in [0.25, 0.3) is 0 Å². The van der Waals surface area contributed by atoms with Crippen LogP contribution in [0.15, 0.2) is 12.1 Å². The van der Waals surface area contributed by atoms with Gasteiger partial charge < -0.3 is 14.9 Å². The molecular weight excluding hydrogens is 312 g/mol. The second-order valence-corrected chi connectivity index (χ2v) is 7.61. The molecule has 0 aliphatic rings. The lowest BCUT2D eigenvalue weighted by Crippen LogP contribution is -2.51. The van der Waals surface area contributed by atoms with Crippen molar-refractivity contribution >= 4 is 34.9 Å². The summed E-state index contributed by atoms with van der Waals surface area (Å²) in [5, 5.41) is 8.82. The average molecular weight is 333 g/mol. The van der Waals surface area contributed by atoms with E-state index in [2.05, 4.69) is 0 Å². The maximum absolute atomic E-state index is 12.5. The number of nitrogens with zero attached hydrogens (tertiary/aromatic N) is 2. The number of carboxylic acid groups (broad SMARTS) is 1. The van der Waals surface area contributed by atoms with Crippen LogP contribution in [0.3, 0.4) is 0 Å². The molecule has 0 fully saturated rings. The first-order valence-electron chi connectivity index (χ1n) is 6.60. The van der Waals surface area contributed by atoms with Crippen molar-refractivity contribution in [3.63, 3.8) is 0 Å². The van der Waals surface area contributed by atoms with Crippen LogP contribution in [-0.2, 0) is 11.3 Å². The predicted octanol–water partition coefficient (Wildman–Crippen LogP) is 3.53. The fourth-order valence-corrected chi connectivity index (χ4v) is 3.01. The van der Waals surface area contributed by atoms with Crippen LogP contribution in [-0.4, -0.2) is 46.0 Å². The fraction of sp³-hybridized carbons (Fsp3) is 0.571. The summed E-state index contributed by atoms with van der Waals surface area (Å²) < 4.78 is 0.685. The lowest BCUT2D eigenvalue weighted by atomic mass is 10.1. The van der Waals surface area contributed by atoms with E-state index >= 15 is 0 Å². The Morgan fingerprint density at radius 3 is 2.38 bits per heavy atom. The van der Waals surface area contributed by atoms with Crippen molar-refractivity contribution in [1.82, 2.24) is 9.80 Å². The van der Waals surface area contributed by atoms with E-state index in [4.69, 9.17) is 16.7 Å². The van der Waals surface area contributed by atoms with Crippen LogP contribution >= 0.6 is 22.9 Å². The topological polar surface area (TPSA) is 60.9 Å². The van der Waals surface area contributed by atoms with Gasteiger partial charge in [-0.15, -0.1) is 11.3 Å². The summed E-state index contributed by atoms with van der Waals surface area (Å²) in [5.41, 5.74) is -0.437. The number of carboxylic acids is 1. The van der Waals surface area contributed by atoms with Crippen LogP contribution in [0.2, 0.25) is 4.34 Å². The molecule has 0 saturated carbocycles. The van der Waals surface area contributed by atoms with Crippen molar-refractivity contribution < 1.29 is 14.7 Å². The lowest BCUT2D eigenvalue weighted by Gasteiger charge is -2.38. The molecule has 1 aromatic rings. The summed E-state index contributed by atoms with van der Waals surface area (Å²) >= 11 is 7.31. The van der Waals surface area contributed by atoms with E-state index in [1.165, 1.54) is 11.3 Å². The zero-order valence-corrected chi connectivity index (χ0v) is 14.3. The Morgan fingerprint density at radius 1 is 1.33 bits per heavy atom. The van der Waals surface area contributed by atoms with E-state index in [0.717, 1.165) is 4.88 Å². The first kappa shape index (κ1) is 17.8. The second-order valence-electron chi connectivity index (χ2n) is 5.81. The zero-order chi connectivity index (χ0) is 16.2. The molecule has 1 N–H and O–H groups in total. The van der Waals surface area contributed by atoms with Crippen molar-refractivity contribution in [3.05, 3.63) is 21.3 Å². The quantitative estimate of drug-likeness (QED) is 0.897. The maximum Gasteiger partial charge on any atom is 0.320 e. The maximum atomic E-state index is 12.5. The third kappa shape index (κ3) is 5.55. The third-order valence-electron chi connectivity index (χ3n) is 2.94. The largest absolute Gasteiger partial charge is 0.481 e. The summed E-state index contributed by atoms with van der Waals surface area (Å²) in [7, 11) is 1.70. The molecule has 0 radical (unpaired) electrons. The molecule has 7 heteroatoms. The smallest absolute Gasteiger partial charge is 0.320 e. The standard InChI is InChI=1S/C14H21ClN2O3S/c1-14(2,3)17(8-7-12(18)19)13(20)16(4)9-10-5-6-11(15)21-10/h5-6H,7-9H2,1-4H3,(H,18,19). The molecule has 0 atom stereocenters. The molecule has 0 saturated heterocycles. The van der Waals surface area contributed by atoms with Gasteiger partial charge in [0.05, 0.1) is 17.3 Å². The van der Waals surface area contributed by atoms with Gasteiger partial charge in [0.15, 0.2) is 0 Å². The molecule has 1 rings (SSSR count). The Bertz CT molecular complexity index is 511. The number of rotatable bonds is 5. The molecule has 0 aliphatic carbocycles. The van der Waals surface area contributed by atoms with E-state index in [-0.39, 0.29) is 19.0 Å². The van der Waals surface area contributed by atoms with Crippen molar-refractivity contribution in [2.24, 2.45) is 0 Å². The third-order valence-corrected chi connectivity index (χ3v) is 4.15. The van der Waals surface area contributed by atoms with Crippen molar-refractivity contribution in [1.29, 1.82) is 0 Å². The Hall–Kier alpha value is -1.27. The Balaban J connectivity index is 2.76. The highest BCUT2D eigenvalue weighted by Gasteiger charge is 2.29. The van der Waals surface area contributed by atoms with Crippen LogP contribution < -0.4 is 0 Å². The number of amides is 2. The van der Waals surface area contributed by atoms with Gasteiger partial charge in [-0.1, -0.05) is 11.6 Å². The molecule has 21 heavy (non-hydrogen) atoms. The molecule has 0 aliphatic heterocycles. The van der Waals surface area contributed by atoms with Crippen molar-refractivity contribution in [3.8, 4) is 0 Å². The van der Waals surface area contributed by atoms with Crippen molar-refractivity contribution in [2.75, 3.05) is 13.6 Å². The summed E-state index contributed by atoms with van der Waals surface area (Å²) in [6.45, 7) is 6.32. The fourth-order valence-electron chi connectivity index (χ4n) is 1.87. The SMILES string of the molecule is CN(Cc1ccc(Cl)s1)C(=O)N(CCC(=O)O)C(C)(C)C. The van der Waals surface area contributed by atoms with Gasteiger partial charge in [0.1, 0.15) is 0 Å². The minimum absolute atomic E-state index is 0.0678. The molecule has 2 amide bonds. The first-order valence-corrected chi connectivity index (χ1v) is 7.79. The summed E-state index contributed by atoms with van der Waals surface area (Å²) in [5.74, 6) is -0.912. The predicted molar refractivity (Wildman–Crippen MR) is 84.9 cm³/mol. The number of aliphatic carboxylic acids is 1. The first-order chi connectivity index (χ1) is 9.61. The molecule has 0 bridgehead atoms. The van der Waals surface area contributed by atoms with E-state index in [1.807, 2.05) is 26.8 Å². The molecular formula is C14H21ClN2O3S. The summed E-state index contributed by atoms with van der Waals surface area (Å²) in [6.07, 6.45) is -0.0678. The van der Waals surface area contributed by atoms with Gasteiger partial charge in [0.2, 0.25) is 0 Å².